The Morgan fingerprint density at radius 3 is 2.88 bits per heavy atom. The largest absolute Gasteiger partial charge is 0.352 e. The molecule has 1 aliphatic rings. The number of aromatic nitrogens is 2. The molecule has 1 aliphatic heterocycles. The Hall–Kier alpha value is -1.10. The molecule has 0 spiro atoms. The molecule has 0 fully saturated rings. The van der Waals surface area contributed by atoms with Crippen molar-refractivity contribution in [2.75, 3.05) is 6.54 Å². The molecule has 92 valence electrons. The number of nitrogens with one attached hydrogen (secondary N) is 1. The highest BCUT2D eigenvalue weighted by atomic mass is 32.2. The summed E-state index contributed by atoms with van der Waals surface area (Å²) >= 11 is 1.63. The molecule has 2 rings (SSSR count). The summed E-state index contributed by atoms with van der Waals surface area (Å²) in [6.07, 6.45) is 3.43. The Morgan fingerprint density at radius 2 is 2.18 bits per heavy atom. The van der Waals surface area contributed by atoms with Crippen LogP contribution in [-0.4, -0.2) is 27.2 Å². The molecule has 1 amide bonds. The molecule has 0 bridgehead atoms. The maximum atomic E-state index is 11.7. The van der Waals surface area contributed by atoms with E-state index in [0.717, 1.165) is 30.2 Å². The number of carbonyl (C=O) groups is 1. The van der Waals surface area contributed by atoms with Crippen LogP contribution in [0.3, 0.4) is 0 Å². The summed E-state index contributed by atoms with van der Waals surface area (Å²) in [5.41, 5.74) is 1.50. The van der Waals surface area contributed by atoms with Gasteiger partial charge in [-0.25, -0.2) is 9.97 Å². The van der Waals surface area contributed by atoms with Crippen LogP contribution in [0.1, 0.15) is 43.2 Å². The molecular weight excluding hydrogens is 234 g/mol. The standard InChI is InChI=1S/C12H17N3OS/c1-12(2,3)17-11-14-7-8-9(15-11)5-4-6-13-10(8)16/h7H,4-6H2,1-3H3,(H,13,16). The minimum atomic E-state index is -0.0511. The minimum Gasteiger partial charge on any atom is -0.352 e. The zero-order valence-electron chi connectivity index (χ0n) is 10.4. The van der Waals surface area contributed by atoms with Crippen molar-refractivity contribution in [3.05, 3.63) is 17.5 Å². The van der Waals surface area contributed by atoms with E-state index in [4.69, 9.17) is 0 Å². The van der Waals surface area contributed by atoms with Gasteiger partial charge in [0, 0.05) is 17.5 Å². The van der Waals surface area contributed by atoms with Gasteiger partial charge in [-0.15, -0.1) is 0 Å². The molecule has 0 saturated carbocycles. The van der Waals surface area contributed by atoms with Crippen molar-refractivity contribution in [1.82, 2.24) is 15.3 Å². The van der Waals surface area contributed by atoms with Gasteiger partial charge in [-0.2, -0.15) is 0 Å². The maximum Gasteiger partial charge on any atom is 0.254 e. The number of hydrogen-bond acceptors (Lipinski definition) is 4. The lowest BCUT2D eigenvalue weighted by Crippen LogP contribution is -2.23. The van der Waals surface area contributed by atoms with E-state index in [1.54, 1.807) is 18.0 Å². The van der Waals surface area contributed by atoms with E-state index < -0.39 is 0 Å². The van der Waals surface area contributed by atoms with Crippen LogP contribution in [0.25, 0.3) is 0 Å². The van der Waals surface area contributed by atoms with Crippen LogP contribution >= 0.6 is 11.8 Å². The van der Waals surface area contributed by atoms with E-state index in [1.165, 1.54) is 0 Å². The number of carbonyl (C=O) groups excluding carboxylic acids is 1. The number of amides is 1. The fourth-order valence-corrected chi connectivity index (χ4v) is 2.46. The lowest BCUT2D eigenvalue weighted by atomic mass is 10.1. The summed E-state index contributed by atoms with van der Waals surface area (Å²) in [6, 6.07) is 0. The molecule has 0 aromatic carbocycles. The highest BCUT2D eigenvalue weighted by Gasteiger charge is 2.20. The van der Waals surface area contributed by atoms with Crippen LogP contribution in [0.2, 0.25) is 0 Å². The molecule has 5 heteroatoms. The van der Waals surface area contributed by atoms with Crippen LogP contribution < -0.4 is 5.32 Å². The molecule has 0 radical (unpaired) electrons. The first-order chi connectivity index (χ1) is 7.96. The number of nitrogens with zero attached hydrogens (tertiary/aromatic N) is 2. The second-order valence-electron chi connectivity index (χ2n) is 5.09. The average molecular weight is 251 g/mol. The van der Waals surface area contributed by atoms with Crippen molar-refractivity contribution in [3.63, 3.8) is 0 Å². The van der Waals surface area contributed by atoms with E-state index in [2.05, 4.69) is 36.1 Å². The number of fused-ring (bicyclic) bond motifs is 1. The van der Waals surface area contributed by atoms with Crippen LogP contribution in [0.15, 0.2) is 11.4 Å². The van der Waals surface area contributed by atoms with Crippen LogP contribution in [-0.2, 0) is 6.42 Å². The monoisotopic (exact) mass is 251 g/mol. The van der Waals surface area contributed by atoms with Gasteiger partial charge in [0.05, 0.1) is 11.3 Å². The normalized spacial score (nSPS) is 16.1. The summed E-state index contributed by atoms with van der Waals surface area (Å²) in [5, 5.41) is 3.60. The molecule has 0 saturated heterocycles. The van der Waals surface area contributed by atoms with E-state index >= 15 is 0 Å². The van der Waals surface area contributed by atoms with Crippen molar-refractivity contribution in [2.45, 2.75) is 43.5 Å². The van der Waals surface area contributed by atoms with Crippen molar-refractivity contribution in [2.24, 2.45) is 0 Å². The maximum absolute atomic E-state index is 11.7. The Kier molecular flexibility index (Phi) is 3.38. The molecule has 1 aromatic rings. The van der Waals surface area contributed by atoms with Crippen molar-refractivity contribution in [3.8, 4) is 0 Å². The molecular formula is C12H17N3OS. The Morgan fingerprint density at radius 1 is 1.41 bits per heavy atom. The SMILES string of the molecule is CC(C)(C)Sc1ncc2c(n1)CCCNC2=O. The van der Waals surface area contributed by atoms with E-state index in [-0.39, 0.29) is 10.7 Å². The number of aryl methyl sites for hydroxylation is 1. The Labute approximate surface area is 106 Å². The second-order valence-corrected chi connectivity index (χ2v) is 6.88. The second kappa shape index (κ2) is 4.64. The molecule has 4 nitrogen and oxygen atoms in total. The van der Waals surface area contributed by atoms with Gasteiger partial charge >= 0.3 is 0 Å². The molecule has 0 aliphatic carbocycles. The topological polar surface area (TPSA) is 54.9 Å². The summed E-state index contributed by atoms with van der Waals surface area (Å²) in [7, 11) is 0. The summed E-state index contributed by atoms with van der Waals surface area (Å²) in [4.78, 5) is 20.5. The first-order valence-electron chi connectivity index (χ1n) is 5.79. The van der Waals surface area contributed by atoms with Crippen LogP contribution in [0, 0.1) is 0 Å². The Balaban J connectivity index is 2.30. The first-order valence-corrected chi connectivity index (χ1v) is 6.60. The van der Waals surface area contributed by atoms with E-state index in [1.807, 2.05) is 0 Å². The predicted octanol–water partition coefficient (Wildman–Crippen LogP) is 2.04. The first kappa shape index (κ1) is 12.4. The molecule has 17 heavy (non-hydrogen) atoms. The average Bonchev–Trinajstić information content (AvgIpc) is 2.38. The van der Waals surface area contributed by atoms with Gasteiger partial charge in [-0.3, -0.25) is 4.79 Å². The van der Waals surface area contributed by atoms with Crippen LogP contribution in [0.5, 0.6) is 0 Å². The van der Waals surface area contributed by atoms with Gasteiger partial charge in [0.1, 0.15) is 0 Å². The number of rotatable bonds is 1. The molecule has 0 unspecified atom stereocenters. The number of hydrogen-bond donors (Lipinski definition) is 1. The van der Waals surface area contributed by atoms with Crippen molar-refractivity contribution >= 4 is 17.7 Å². The fraction of sp³-hybridized carbons (Fsp3) is 0.583. The zero-order valence-corrected chi connectivity index (χ0v) is 11.2. The molecule has 1 aromatic heterocycles. The van der Waals surface area contributed by atoms with Gasteiger partial charge in [0.15, 0.2) is 5.16 Å². The zero-order chi connectivity index (χ0) is 12.5. The third-order valence-electron chi connectivity index (χ3n) is 2.36. The highest BCUT2D eigenvalue weighted by Crippen LogP contribution is 2.29. The van der Waals surface area contributed by atoms with E-state index in [0.29, 0.717) is 5.56 Å². The van der Waals surface area contributed by atoms with Gasteiger partial charge < -0.3 is 5.32 Å². The highest BCUT2D eigenvalue weighted by molar-refractivity contribution is 8.00. The van der Waals surface area contributed by atoms with Crippen LogP contribution in [0.4, 0.5) is 0 Å². The minimum absolute atomic E-state index is 0.0511. The third kappa shape index (κ3) is 3.19. The lowest BCUT2D eigenvalue weighted by molar-refractivity contribution is 0.0955. The van der Waals surface area contributed by atoms with Gasteiger partial charge in [0.2, 0.25) is 0 Å². The summed E-state index contributed by atoms with van der Waals surface area (Å²) in [5.74, 6) is -0.0511. The Bertz CT molecular complexity index is 440. The molecule has 1 N–H and O–H groups in total. The predicted molar refractivity (Wildman–Crippen MR) is 68.3 cm³/mol. The molecule has 0 atom stereocenters. The van der Waals surface area contributed by atoms with E-state index in [9.17, 15) is 4.79 Å². The van der Waals surface area contributed by atoms with Gasteiger partial charge in [-0.05, 0) is 12.8 Å². The smallest absolute Gasteiger partial charge is 0.254 e. The quantitative estimate of drug-likeness (QED) is 0.613. The summed E-state index contributed by atoms with van der Waals surface area (Å²) < 4.78 is 0.0845. The van der Waals surface area contributed by atoms with Gasteiger partial charge in [-0.1, -0.05) is 32.5 Å². The summed E-state index contributed by atoms with van der Waals surface area (Å²) in [6.45, 7) is 7.09. The van der Waals surface area contributed by atoms with Gasteiger partial charge in [0.25, 0.3) is 5.91 Å². The third-order valence-corrected chi connectivity index (χ3v) is 3.36. The fourth-order valence-electron chi connectivity index (χ4n) is 1.66. The molecule has 2 heterocycles. The van der Waals surface area contributed by atoms with Crippen molar-refractivity contribution in [1.29, 1.82) is 0 Å². The number of thioether (sulfide) groups is 1. The lowest BCUT2D eigenvalue weighted by Gasteiger charge is -2.16. The van der Waals surface area contributed by atoms with Crippen molar-refractivity contribution < 1.29 is 4.79 Å².